The lowest BCUT2D eigenvalue weighted by Gasteiger charge is -2.01. The average Bonchev–Trinajstić information content (AvgIpc) is 2.17. The molecule has 0 rings (SSSR count). The second kappa shape index (κ2) is 7.51. The first-order valence-electron chi connectivity index (χ1n) is 5.24. The smallest absolute Gasteiger partial charge is 0.0348 e. The highest BCUT2D eigenvalue weighted by Gasteiger charge is 1.92. The van der Waals surface area contributed by atoms with Crippen molar-refractivity contribution in [3.05, 3.63) is 23.4 Å². The van der Waals surface area contributed by atoms with Gasteiger partial charge in [0.2, 0.25) is 0 Å². The van der Waals surface area contributed by atoms with Crippen LogP contribution >= 0.6 is 0 Å². The maximum absolute atomic E-state index is 5.77. The first-order chi connectivity index (χ1) is 6.60. The third kappa shape index (κ3) is 6.61. The zero-order chi connectivity index (χ0) is 11.0. The van der Waals surface area contributed by atoms with Gasteiger partial charge in [-0.15, -0.1) is 0 Å². The van der Waals surface area contributed by atoms with Gasteiger partial charge in [-0.2, -0.15) is 0 Å². The number of allylic oxidation sites excluding steroid dienone is 3. The van der Waals surface area contributed by atoms with Crippen LogP contribution in [0.15, 0.2) is 28.4 Å². The fourth-order valence-electron chi connectivity index (χ4n) is 0.871. The van der Waals surface area contributed by atoms with E-state index < -0.39 is 0 Å². The molecule has 0 bridgehead atoms. The molecule has 2 heteroatoms. The van der Waals surface area contributed by atoms with E-state index in [1.807, 2.05) is 25.3 Å². The lowest BCUT2D eigenvalue weighted by molar-refractivity contribution is 0.775. The Bertz CT molecular complexity index is 237. The van der Waals surface area contributed by atoms with E-state index in [9.17, 15) is 0 Å². The van der Waals surface area contributed by atoms with Gasteiger partial charge in [0.25, 0.3) is 0 Å². The van der Waals surface area contributed by atoms with Gasteiger partial charge in [-0.1, -0.05) is 19.4 Å². The summed E-state index contributed by atoms with van der Waals surface area (Å²) in [4.78, 5) is 4.28. The average molecular weight is 194 g/mol. The molecule has 1 unspecified atom stereocenters. The Morgan fingerprint density at radius 1 is 1.36 bits per heavy atom. The van der Waals surface area contributed by atoms with Gasteiger partial charge in [0.05, 0.1) is 0 Å². The number of aliphatic imine (C=N–C) groups is 1. The zero-order valence-electron chi connectivity index (χ0n) is 9.75. The van der Waals surface area contributed by atoms with Crippen LogP contribution in [0.3, 0.4) is 0 Å². The van der Waals surface area contributed by atoms with Crippen molar-refractivity contribution in [2.45, 2.75) is 46.6 Å². The Balaban J connectivity index is 4.17. The molecule has 0 aliphatic carbocycles. The van der Waals surface area contributed by atoms with Crippen molar-refractivity contribution in [2.24, 2.45) is 10.7 Å². The molecule has 0 aromatic carbocycles. The Kier molecular flexibility index (Phi) is 7.03. The molecule has 80 valence electrons. The quantitative estimate of drug-likeness (QED) is 0.671. The summed E-state index contributed by atoms with van der Waals surface area (Å²) in [6.07, 6.45) is 7.90. The maximum atomic E-state index is 5.77. The van der Waals surface area contributed by atoms with Crippen molar-refractivity contribution >= 4 is 6.21 Å². The van der Waals surface area contributed by atoms with Crippen LogP contribution in [-0.4, -0.2) is 12.3 Å². The molecule has 0 spiro atoms. The lowest BCUT2D eigenvalue weighted by Crippen LogP contribution is -2.15. The summed E-state index contributed by atoms with van der Waals surface area (Å²) in [6.45, 7) is 8.28. The number of hydrogen-bond acceptors (Lipinski definition) is 2. The Morgan fingerprint density at radius 3 is 2.50 bits per heavy atom. The van der Waals surface area contributed by atoms with Crippen LogP contribution in [0.25, 0.3) is 0 Å². The molecule has 0 aromatic heterocycles. The van der Waals surface area contributed by atoms with Crippen molar-refractivity contribution in [2.75, 3.05) is 0 Å². The fourth-order valence-corrected chi connectivity index (χ4v) is 0.871. The van der Waals surface area contributed by atoms with E-state index in [1.165, 1.54) is 5.57 Å². The van der Waals surface area contributed by atoms with Gasteiger partial charge in [0, 0.05) is 18.0 Å². The Hall–Kier alpha value is -0.890. The van der Waals surface area contributed by atoms with Crippen LogP contribution in [0.4, 0.5) is 0 Å². The van der Waals surface area contributed by atoms with Gasteiger partial charge < -0.3 is 5.73 Å². The summed E-state index contributed by atoms with van der Waals surface area (Å²) in [5, 5.41) is 0. The minimum Gasteiger partial charge on any atom is -0.324 e. The van der Waals surface area contributed by atoms with E-state index in [1.54, 1.807) is 0 Å². The molecule has 0 saturated carbocycles. The zero-order valence-corrected chi connectivity index (χ0v) is 9.75. The Labute approximate surface area is 87.6 Å². The minimum absolute atomic E-state index is 0.128. The number of nitrogens with zero attached hydrogens (tertiary/aromatic N) is 1. The van der Waals surface area contributed by atoms with Gasteiger partial charge in [-0.05, 0) is 38.8 Å². The molecule has 2 nitrogen and oxygen atoms in total. The molecule has 0 radical (unpaired) electrons. The van der Waals surface area contributed by atoms with Crippen LogP contribution in [0.5, 0.6) is 0 Å². The summed E-state index contributed by atoms with van der Waals surface area (Å²) in [5.74, 6) is 0. The molecule has 0 saturated heterocycles. The van der Waals surface area contributed by atoms with Gasteiger partial charge in [0.15, 0.2) is 0 Å². The third-order valence-corrected chi connectivity index (χ3v) is 2.12. The van der Waals surface area contributed by atoms with Crippen LogP contribution < -0.4 is 5.73 Å². The van der Waals surface area contributed by atoms with E-state index >= 15 is 0 Å². The highest BCUT2D eigenvalue weighted by Crippen LogP contribution is 2.00. The minimum atomic E-state index is 0.128. The second-order valence-electron chi connectivity index (χ2n) is 3.52. The SMILES string of the molecule is CC/C(C)=C/C=N\C(C)=C/C(N)CC. The van der Waals surface area contributed by atoms with E-state index in [0.29, 0.717) is 0 Å². The van der Waals surface area contributed by atoms with Crippen molar-refractivity contribution in [1.82, 2.24) is 0 Å². The van der Waals surface area contributed by atoms with Crippen LogP contribution in [0.2, 0.25) is 0 Å². The molecular formula is C12H22N2. The van der Waals surface area contributed by atoms with Crippen LogP contribution in [-0.2, 0) is 0 Å². The van der Waals surface area contributed by atoms with Gasteiger partial charge >= 0.3 is 0 Å². The van der Waals surface area contributed by atoms with E-state index in [0.717, 1.165) is 18.5 Å². The molecule has 0 aromatic rings. The highest BCUT2D eigenvalue weighted by atomic mass is 14.7. The lowest BCUT2D eigenvalue weighted by atomic mass is 10.2. The second-order valence-corrected chi connectivity index (χ2v) is 3.52. The van der Waals surface area contributed by atoms with E-state index in [-0.39, 0.29) is 6.04 Å². The molecular weight excluding hydrogens is 172 g/mol. The summed E-state index contributed by atoms with van der Waals surface area (Å²) in [6, 6.07) is 0.128. The van der Waals surface area contributed by atoms with Gasteiger partial charge in [-0.3, -0.25) is 4.99 Å². The molecule has 2 N–H and O–H groups in total. The van der Waals surface area contributed by atoms with E-state index in [4.69, 9.17) is 5.73 Å². The summed E-state index contributed by atoms with van der Waals surface area (Å²) >= 11 is 0. The summed E-state index contributed by atoms with van der Waals surface area (Å²) < 4.78 is 0. The summed E-state index contributed by atoms with van der Waals surface area (Å²) in [5.41, 5.74) is 8.09. The predicted molar refractivity (Wildman–Crippen MR) is 64.6 cm³/mol. The monoisotopic (exact) mass is 194 g/mol. The molecule has 0 fully saturated rings. The Morgan fingerprint density at radius 2 is 2.00 bits per heavy atom. The van der Waals surface area contributed by atoms with Crippen molar-refractivity contribution in [3.8, 4) is 0 Å². The molecule has 0 amide bonds. The van der Waals surface area contributed by atoms with E-state index in [2.05, 4.69) is 25.8 Å². The van der Waals surface area contributed by atoms with Crippen LogP contribution in [0, 0.1) is 0 Å². The van der Waals surface area contributed by atoms with Gasteiger partial charge in [-0.25, -0.2) is 0 Å². The largest absolute Gasteiger partial charge is 0.324 e. The highest BCUT2D eigenvalue weighted by molar-refractivity contribution is 5.73. The normalized spacial score (nSPS) is 16.4. The van der Waals surface area contributed by atoms with Crippen LogP contribution in [0.1, 0.15) is 40.5 Å². The predicted octanol–water partition coefficient (Wildman–Crippen LogP) is 3.05. The first kappa shape index (κ1) is 13.1. The molecule has 14 heavy (non-hydrogen) atoms. The molecule has 0 aliphatic rings. The molecule has 0 heterocycles. The topological polar surface area (TPSA) is 38.4 Å². The number of nitrogens with two attached hydrogens (primary N) is 1. The standard InChI is InChI=1S/C12H22N2/c1-5-10(3)7-8-14-11(4)9-12(13)6-2/h7-9,12H,5-6,13H2,1-4H3/b10-7+,11-9-,14-8-. The summed E-state index contributed by atoms with van der Waals surface area (Å²) in [7, 11) is 0. The number of hydrogen-bond donors (Lipinski definition) is 1. The van der Waals surface area contributed by atoms with Crippen molar-refractivity contribution < 1.29 is 0 Å². The molecule has 1 atom stereocenters. The maximum Gasteiger partial charge on any atom is 0.0348 e. The van der Waals surface area contributed by atoms with Crippen molar-refractivity contribution in [3.63, 3.8) is 0 Å². The molecule has 0 aliphatic heterocycles. The fraction of sp³-hybridized carbons (Fsp3) is 0.583. The number of rotatable bonds is 5. The van der Waals surface area contributed by atoms with Crippen molar-refractivity contribution in [1.29, 1.82) is 0 Å². The van der Waals surface area contributed by atoms with Gasteiger partial charge in [0.1, 0.15) is 0 Å². The third-order valence-electron chi connectivity index (χ3n) is 2.12. The first-order valence-corrected chi connectivity index (χ1v) is 5.24.